The second kappa shape index (κ2) is 7.86. The number of alkyl halides is 3. The van der Waals surface area contributed by atoms with E-state index in [1.54, 1.807) is 21.0 Å². The van der Waals surface area contributed by atoms with E-state index in [9.17, 15) is 13.2 Å². The fraction of sp³-hybridized carbons (Fsp3) is 0.421. The summed E-state index contributed by atoms with van der Waals surface area (Å²) in [6.45, 7) is 3.95. The molecule has 29 heavy (non-hydrogen) atoms. The molecule has 0 saturated heterocycles. The predicted molar refractivity (Wildman–Crippen MR) is 103 cm³/mol. The number of likely N-dealkylation sites (N-methyl/N-ethyl adjacent to an activating group) is 1. The third kappa shape index (κ3) is 4.12. The summed E-state index contributed by atoms with van der Waals surface area (Å²) in [5.74, 6) is -0.0243. The van der Waals surface area contributed by atoms with Crippen molar-refractivity contribution in [1.29, 1.82) is 0 Å². The first-order valence-electron chi connectivity index (χ1n) is 8.97. The minimum Gasteiger partial charge on any atom is -0.497 e. The van der Waals surface area contributed by atoms with Crippen molar-refractivity contribution in [2.45, 2.75) is 26.1 Å². The third-order valence-corrected chi connectivity index (χ3v) is 4.93. The summed E-state index contributed by atoms with van der Waals surface area (Å²) in [7, 11) is 5.48. The van der Waals surface area contributed by atoms with E-state index >= 15 is 0 Å². The van der Waals surface area contributed by atoms with E-state index < -0.39 is 12.0 Å². The molecule has 0 amide bonds. The monoisotopic (exact) mass is 408 g/mol. The quantitative estimate of drug-likeness (QED) is 0.674. The van der Waals surface area contributed by atoms with Crippen LogP contribution in [0.3, 0.4) is 0 Å². The molecule has 0 aliphatic heterocycles. The van der Waals surface area contributed by atoms with E-state index in [-0.39, 0.29) is 11.7 Å². The second-order valence-electron chi connectivity index (χ2n) is 6.99. The van der Waals surface area contributed by atoms with Crippen LogP contribution in [0.4, 0.5) is 19.0 Å². The van der Waals surface area contributed by atoms with Crippen molar-refractivity contribution in [3.05, 3.63) is 46.8 Å². The van der Waals surface area contributed by atoms with Gasteiger partial charge in [0.2, 0.25) is 0 Å². The van der Waals surface area contributed by atoms with Crippen LogP contribution in [0.15, 0.2) is 24.3 Å². The van der Waals surface area contributed by atoms with Crippen molar-refractivity contribution >= 4 is 11.5 Å². The molecule has 0 fully saturated rings. The van der Waals surface area contributed by atoms with E-state index in [4.69, 9.17) is 4.74 Å². The largest absolute Gasteiger partial charge is 0.497 e. The Morgan fingerprint density at radius 3 is 2.31 bits per heavy atom. The number of halogens is 3. The minimum atomic E-state index is -4.64. The highest BCUT2D eigenvalue weighted by Gasteiger charge is 2.38. The Bertz CT molecular complexity index is 998. The first kappa shape index (κ1) is 20.8. The number of benzene rings is 1. The van der Waals surface area contributed by atoms with Gasteiger partial charge in [-0.15, -0.1) is 15.3 Å². The highest BCUT2D eigenvalue weighted by atomic mass is 19.4. The first-order valence-corrected chi connectivity index (χ1v) is 8.97. The fourth-order valence-electron chi connectivity index (χ4n) is 3.09. The molecular weight excluding hydrogens is 385 g/mol. The van der Waals surface area contributed by atoms with E-state index in [0.29, 0.717) is 17.9 Å². The standard InChI is InChI=1S/C19H23F3N6O/c1-11-12(2)17-24-25-18(19(20,21)22)28(17)26-16(11)23-10-15(27(3)4)13-6-8-14(29-5)9-7-13/h6-9,15H,10H2,1-5H3,(H,23,26). The van der Waals surface area contributed by atoms with Crippen molar-refractivity contribution in [2.24, 2.45) is 0 Å². The predicted octanol–water partition coefficient (Wildman–Crippen LogP) is 3.48. The molecule has 156 valence electrons. The van der Waals surface area contributed by atoms with Gasteiger partial charge in [0.15, 0.2) is 5.65 Å². The molecule has 2 aromatic heterocycles. The van der Waals surface area contributed by atoms with E-state index in [2.05, 4.69) is 20.6 Å². The van der Waals surface area contributed by atoms with Crippen LogP contribution in [-0.2, 0) is 6.18 Å². The molecule has 10 heteroatoms. The lowest BCUT2D eigenvalue weighted by Crippen LogP contribution is -2.27. The number of methoxy groups -OCH3 is 1. The molecule has 0 bridgehead atoms. The van der Waals surface area contributed by atoms with Crippen LogP contribution in [0.5, 0.6) is 5.75 Å². The first-order chi connectivity index (χ1) is 13.6. The van der Waals surface area contributed by atoms with Gasteiger partial charge in [-0.2, -0.15) is 17.7 Å². The highest BCUT2D eigenvalue weighted by Crippen LogP contribution is 2.30. The SMILES string of the molecule is COc1ccc(C(CNc2nn3c(C(F)(F)F)nnc3c(C)c2C)N(C)C)cc1. The van der Waals surface area contributed by atoms with E-state index in [1.165, 1.54) is 0 Å². The number of nitrogens with zero attached hydrogens (tertiary/aromatic N) is 5. The summed E-state index contributed by atoms with van der Waals surface area (Å²) >= 11 is 0. The Hall–Kier alpha value is -2.88. The zero-order chi connectivity index (χ0) is 21.3. The van der Waals surface area contributed by atoms with Crippen molar-refractivity contribution in [1.82, 2.24) is 24.7 Å². The summed E-state index contributed by atoms with van der Waals surface area (Å²) < 4.78 is 45.6. The molecule has 7 nitrogen and oxygen atoms in total. The molecule has 0 aliphatic rings. The van der Waals surface area contributed by atoms with Crippen LogP contribution in [0, 0.1) is 13.8 Å². The summed E-state index contributed by atoms with van der Waals surface area (Å²) in [5, 5.41) is 14.3. The maximum Gasteiger partial charge on any atom is 0.453 e. The lowest BCUT2D eigenvalue weighted by atomic mass is 10.1. The molecule has 1 N–H and O–H groups in total. The average Bonchev–Trinajstić information content (AvgIpc) is 3.10. The van der Waals surface area contributed by atoms with Crippen molar-refractivity contribution < 1.29 is 17.9 Å². The molecule has 1 atom stereocenters. The van der Waals surface area contributed by atoms with Crippen LogP contribution in [0.2, 0.25) is 0 Å². The maximum absolute atomic E-state index is 13.2. The summed E-state index contributed by atoms with van der Waals surface area (Å²) in [4.78, 5) is 2.02. The number of anilines is 1. The Morgan fingerprint density at radius 2 is 1.76 bits per heavy atom. The van der Waals surface area contributed by atoms with Gasteiger partial charge in [-0.05, 0) is 51.2 Å². The minimum absolute atomic E-state index is 0.0268. The molecule has 0 spiro atoms. The molecule has 0 radical (unpaired) electrons. The molecule has 0 saturated carbocycles. The van der Waals surface area contributed by atoms with Gasteiger partial charge in [-0.3, -0.25) is 0 Å². The van der Waals surface area contributed by atoms with Crippen molar-refractivity contribution in [3.8, 4) is 5.75 Å². The maximum atomic E-state index is 13.2. The second-order valence-corrected chi connectivity index (χ2v) is 6.99. The van der Waals surface area contributed by atoms with Crippen LogP contribution in [-0.4, -0.2) is 52.5 Å². The number of rotatable bonds is 6. The zero-order valence-electron chi connectivity index (χ0n) is 16.9. The third-order valence-electron chi connectivity index (χ3n) is 4.93. The van der Waals surface area contributed by atoms with Gasteiger partial charge in [0, 0.05) is 12.1 Å². The van der Waals surface area contributed by atoms with Crippen LogP contribution in [0.1, 0.15) is 28.6 Å². The van der Waals surface area contributed by atoms with E-state index in [0.717, 1.165) is 21.4 Å². The zero-order valence-corrected chi connectivity index (χ0v) is 16.9. The lowest BCUT2D eigenvalue weighted by Gasteiger charge is -2.26. The number of hydrogen-bond donors (Lipinski definition) is 1. The summed E-state index contributed by atoms with van der Waals surface area (Å²) in [6, 6.07) is 7.64. The molecule has 1 unspecified atom stereocenters. The molecule has 3 rings (SSSR count). The number of aromatic nitrogens is 4. The van der Waals surface area contributed by atoms with Crippen LogP contribution in [0.25, 0.3) is 5.65 Å². The van der Waals surface area contributed by atoms with E-state index in [1.807, 2.05) is 43.3 Å². The summed E-state index contributed by atoms with van der Waals surface area (Å²) in [6.07, 6.45) is -4.64. The molecule has 1 aromatic carbocycles. The Labute approximate surface area is 166 Å². The lowest BCUT2D eigenvalue weighted by molar-refractivity contribution is -0.146. The highest BCUT2D eigenvalue weighted by molar-refractivity contribution is 5.58. The Balaban J connectivity index is 1.92. The number of fused-ring (bicyclic) bond motifs is 1. The Morgan fingerprint density at radius 1 is 1.10 bits per heavy atom. The van der Waals surface area contributed by atoms with Gasteiger partial charge in [0.1, 0.15) is 11.6 Å². The van der Waals surface area contributed by atoms with Gasteiger partial charge < -0.3 is 15.0 Å². The van der Waals surface area contributed by atoms with Gasteiger partial charge in [0.05, 0.1) is 13.2 Å². The normalized spacial score (nSPS) is 13.1. The molecule has 3 aromatic rings. The molecule has 0 aliphatic carbocycles. The number of ether oxygens (including phenoxy) is 1. The number of nitrogens with one attached hydrogen (secondary N) is 1. The van der Waals surface area contributed by atoms with Gasteiger partial charge in [-0.25, -0.2) is 0 Å². The van der Waals surface area contributed by atoms with Gasteiger partial charge in [0.25, 0.3) is 5.82 Å². The van der Waals surface area contributed by atoms with Crippen LogP contribution >= 0.6 is 0 Å². The van der Waals surface area contributed by atoms with Gasteiger partial charge >= 0.3 is 6.18 Å². The number of hydrogen-bond acceptors (Lipinski definition) is 6. The fourth-order valence-corrected chi connectivity index (χ4v) is 3.09. The average molecular weight is 408 g/mol. The number of aryl methyl sites for hydroxylation is 1. The molecule has 2 heterocycles. The summed E-state index contributed by atoms with van der Waals surface area (Å²) in [5.41, 5.74) is 2.46. The molecular formula is C19H23F3N6O. The van der Waals surface area contributed by atoms with Crippen LogP contribution < -0.4 is 10.1 Å². The topological polar surface area (TPSA) is 67.6 Å². The Kier molecular flexibility index (Phi) is 5.65. The smallest absolute Gasteiger partial charge is 0.453 e. The van der Waals surface area contributed by atoms with Gasteiger partial charge in [-0.1, -0.05) is 12.1 Å². The van der Waals surface area contributed by atoms with Crippen molar-refractivity contribution in [2.75, 3.05) is 33.1 Å². The van der Waals surface area contributed by atoms with Crippen molar-refractivity contribution in [3.63, 3.8) is 0 Å².